The molecule has 4 heteroatoms. The Hall–Kier alpha value is -0.160. The van der Waals surface area contributed by atoms with Crippen LogP contribution < -0.4 is 5.73 Å². The van der Waals surface area contributed by atoms with Gasteiger partial charge in [0.05, 0.1) is 12.2 Å². The number of nitrogens with two attached hydrogens (primary N) is 1. The summed E-state index contributed by atoms with van der Waals surface area (Å²) in [6, 6.07) is 0. The Bertz CT molecular complexity index is 288. The Kier molecular flexibility index (Phi) is 4.88. The van der Waals surface area contributed by atoms with E-state index in [4.69, 9.17) is 15.2 Å². The summed E-state index contributed by atoms with van der Waals surface area (Å²) < 4.78 is 11.1. The fraction of sp³-hybridized carbons (Fsp3) is 1.00. The molecule has 0 bridgehead atoms. The van der Waals surface area contributed by atoms with Crippen LogP contribution in [0.3, 0.4) is 0 Å². The van der Waals surface area contributed by atoms with Gasteiger partial charge < -0.3 is 15.2 Å². The van der Waals surface area contributed by atoms with Crippen molar-refractivity contribution in [2.45, 2.75) is 50.9 Å². The second kappa shape index (κ2) is 6.08. The average Bonchev–Trinajstić information content (AvgIpc) is 2.86. The fourth-order valence-electron chi connectivity index (χ4n) is 3.87. The van der Waals surface area contributed by atoms with Gasteiger partial charge >= 0.3 is 0 Å². The van der Waals surface area contributed by atoms with Crippen LogP contribution in [0, 0.1) is 11.8 Å². The predicted molar refractivity (Wildman–Crippen MR) is 77.1 cm³/mol. The molecule has 4 nitrogen and oxygen atoms in total. The van der Waals surface area contributed by atoms with E-state index in [-0.39, 0.29) is 17.7 Å². The van der Waals surface area contributed by atoms with Crippen LogP contribution in [-0.4, -0.2) is 56.5 Å². The molecule has 19 heavy (non-hydrogen) atoms. The van der Waals surface area contributed by atoms with E-state index in [9.17, 15) is 0 Å². The standard InChI is InChI=1S/C15H30N2O2/c1-11-5-6-15(10-16,7-12(11)2)17-8-13(18-3)14(9-17)19-4/h11-14H,5-10,16H2,1-4H3. The highest BCUT2D eigenvalue weighted by atomic mass is 16.5. The minimum atomic E-state index is 0.163. The summed E-state index contributed by atoms with van der Waals surface area (Å²) in [5.74, 6) is 1.57. The lowest BCUT2D eigenvalue weighted by atomic mass is 9.70. The van der Waals surface area contributed by atoms with Gasteiger partial charge in [0.25, 0.3) is 0 Å². The summed E-state index contributed by atoms with van der Waals surface area (Å²) in [6.07, 6.45) is 4.06. The first-order valence-electron chi connectivity index (χ1n) is 7.57. The van der Waals surface area contributed by atoms with Gasteiger partial charge in [0.1, 0.15) is 0 Å². The molecule has 0 amide bonds. The van der Waals surface area contributed by atoms with Gasteiger partial charge in [-0.2, -0.15) is 0 Å². The number of hydrogen-bond donors (Lipinski definition) is 1. The summed E-state index contributed by atoms with van der Waals surface area (Å²) in [6.45, 7) is 7.38. The molecule has 1 aliphatic heterocycles. The highest BCUT2D eigenvalue weighted by Gasteiger charge is 2.46. The van der Waals surface area contributed by atoms with Gasteiger partial charge in [0.15, 0.2) is 0 Å². The molecule has 0 aromatic heterocycles. The Morgan fingerprint density at radius 2 is 1.68 bits per heavy atom. The molecule has 1 aliphatic carbocycles. The minimum absolute atomic E-state index is 0.163. The van der Waals surface area contributed by atoms with Gasteiger partial charge in [0, 0.05) is 39.4 Å². The van der Waals surface area contributed by atoms with E-state index in [0.29, 0.717) is 0 Å². The monoisotopic (exact) mass is 270 g/mol. The third-order valence-electron chi connectivity index (χ3n) is 5.61. The van der Waals surface area contributed by atoms with Gasteiger partial charge in [-0.3, -0.25) is 4.90 Å². The van der Waals surface area contributed by atoms with Gasteiger partial charge in [-0.05, 0) is 31.1 Å². The molecule has 0 aromatic carbocycles. The molecule has 1 heterocycles. The Morgan fingerprint density at radius 1 is 1.11 bits per heavy atom. The van der Waals surface area contributed by atoms with Crippen LogP contribution in [0.15, 0.2) is 0 Å². The molecular formula is C15H30N2O2. The zero-order valence-electron chi connectivity index (χ0n) is 12.9. The molecule has 0 spiro atoms. The van der Waals surface area contributed by atoms with E-state index in [1.165, 1.54) is 19.3 Å². The first-order valence-corrected chi connectivity index (χ1v) is 7.57. The summed E-state index contributed by atoms with van der Waals surface area (Å²) >= 11 is 0. The number of rotatable bonds is 4. The largest absolute Gasteiger partial charge is 0.377 e. The van der Waals surface area contributed by atoms with Crippen molar-refractivity contribution in [3.63, 3.8) is 0 Å². The molecule has 2 N–H and O–H groups in total. The van der Waals surface area contributed by atoms with E-state index in [0.717, 1.165) is 31.5 Å². The minimum Gasteiger partial charge on any atom is -0.377 e. The molecular weight excluding hydrogens is 240 g/mol. The zero-order chi connectivity index (χ0) is 14.0. The van der Waals surface area contributed by atoms with E-state index < -0.39 is 0 Å². The van der Waals surface area contributed by atoms with Gasteiger partial charge in [-0.1, -0.05) is 13.8 Å². The summed E-state index contributed by atoms with van der Waals surface area (Å²) in [5, 5.41) is 0. The van der Waals surface area contributed by atoms with Crippen molar-refractivity contribution < 1.29 is 9.47 Å². The van der Waals surface area contributed by atoms with Gasteiger partial charge in [-0.25, -0.2) is 0 Å². The summed E-state index contributed by atoms with van der Waals surface area (Å²) in [7, 11) is 3.56. The van der Waals surface area contributed by atoms with Crippen molar-refractivity contribution in [1.29, 1.82) is 0 Å². The maximum Gasteiger partial charge on any atom is 0.0972 e. The first-order chi connectivity index (χ1) is 9.06. The highest BCUT2D eigenvalue weighted by Crippen LogP contribution is 2.41. The quantitative estimate of drug-likeness (QED) is 0.841. The van der Waals surface area contributed by atoms with Gasteiger partial charge in [0.2, 0.25) is 0 Å². The second-order valence-electron chi connectivity index (χ2n) is 6.58. The molecule has 0 aromatic rings. The summed E-state index contributed by atoms with van der Waals surface area (Å²) in [5.41, 5.74) is 6.34. The van der Waals surface area contributed by atoms with Crippen LogP contribution >= 0.6 is 0 Å². The van der Waals surface area contributed by atoms with Crippen LogP contribution in [0.2, 0.25) is 0 Å². The first kappa shape index (κ1) is 15.2. The van der Waals surface area contributed by atoms with Gasteiger partial charge in [-0.15, -0.1) is 0 Å². The number of likely N-dealkylation sites (tertiary alicyclic amines) is 1. The molecule has 2 aliphatic rings. The lowest BCUT2D eigenvalue weighted by molar-refractivity contribution is -0.00461. The lowest BCUT2D eigenvalue weighted by Gasteiger charge is -2.48. The number of ether oxygens (including phenoxy) is 2. The molecule has 1 saturated carbocycles. The summed E-state index contributed by atoms with van der Waals surface area (Å²) in [4.78, 5) is 2.54. The van der Waals surface area contributed by atoms with Crippen molar-refractivity contribution >= 4 is 0 Å². The Morgan fingerprint density at radius 3 is 2.11 bits per heavy atom. The molecule has 1 saturated heterocycles. The van der Waals surface area contributed by atoms with E-state index >= 15 is 0 Å². The van der Waals surface area contributed by atoms with Crippen molar-refractivity contribution in [2.75, 3.05) is 33.9 Å². The van der Waals surface area contributed by atoms with Crippen LogP contribution in [0.25, 0.3) is 0 Å². The Labute approximate surface area is 117 Å². The predicted octanol–water partition coefficient (Wildman–Crippen LogP) is 1.49. The fourth-order valence-corrected chi connectivity index (χ4v) is 3.87. The van der Waals surface area contributed by atoms with Crippen LogP contribution in [0.1, 0.15) is 33.1 Å². The number of hydrogen-bond acceptors (Lipinski definition) is 4. The maximum absolute atomic E-state index is 6.18. The van der Waals surface area contributed by atoms with Crippen molar-refractivity contribution in [2.24, 2.45) is 17.6 Å². The van der Waals surface area contributed by atoms with E-state index in [2.05, 4.69) is 18.7 Å². The van der Waals surface area contributed by atoms with Crippen molar-refractivity contribution in [1.82, 2.24) is 4.90 Å². The van der Waals surface area contributed by atoms with Crippen molar-refractivity contribution in [3.05, 3.63) is 0 Å². The third kappa shape index (κ3) is 2.82. The smallest absolute Gasteiger partial charge is 0.0972 e. The van der Waals surface area contributed by atoms with E-state index in [1.807, 2.05) is 0 Å². The second-order valence-corrected chi connectivity index (χ2v) is 6.58. The zero-order valence-corrected chi connectivity index (χ0v) is 12.9. The Balaban J connectivity index is 2.10. The molecule has 5 atom stereocenters. The molecule has 5 unspecified atom stereocenters. The van der Waals surface area contributed by atoms with Crippen LogP contribution in [0.5, 0.6) is 0 Å². The third-order valence-corrected chi connectivity index (χ3v) is 5.61. The molecule has 0 radical (unpaired) electrons. The topological polar surface area (TPSA) is 47.7 Å². The number of nitrogens with zero attached hydrogens (tertiary/aromatic N) is 1. The normalized spacial score (nSPS) is 44.7. The highest BCUT2D eigenvalue weighted by molar-refractivity contribution is 5.02. The van der Waals surface area contributed by atoms with Crippen molar-refractivity contribution in [3.8, 4) is 0 Å². The van der Waals surface area contributed by atoms with Crippen LogP contribution in [0.4, 0.5) is 0 Å². The number of methoxy groups -OCH3 is 2. The maximum atomic E-state index is 6.18. The SMILES string of the molecule is COC1CN(C2(CN)CCC(C)C(C)C2)CC1OC. The molecule has 2 rings (SSSR count). The van der Waals surface area contributed by atoms with E-state index in [1.54, 1.807) is 14.2 Å². The lowest BCUT2D eigenvalue weighted by Crippen LogP contribution is -2.56. The van der Waals surface area contributed by atoms with Crippen LogP contribution in [-0.2, 0) is 9.47 Å². The average molecular weight is 270 g/mol. The molecule has 2 fully saturated rings. The molecule has 112 valence electrons.